The Bertz CT molecular complexity index is 1390. The van der Waals surface area contributed by atoms with E-state index < -0.39 is 23.5 Å². The zero-order valence-corrected chi connectivity index (χ0v) is 19.0. The molecule has 0 bridgehead atoms. The molecule has 1 amide bonds. The van der Waals surface area contributed by atoms with Crippen LogP contribution >= 0.6 is 22.7 Å². The van der Waals surface area contributed by atoms with Gasteiger partial charge in [-0.15, -0.1) is 11.3 Å². The molecule has 9 heteroatoms. The Hall–Kier alpha value is -3.56. The number of ketones is 1. The van der Waals surface area contributed by atoms with Crippen molar-refractivity contribution in [1.82, 2.24) is 4.98 Å². The highest BCUT2D eigenvalue weighted by atomic mass is 32.1. The van der Waals surface area contributed by atoms with Gasteiger partial charge in [0.1, 0.15) is 23.4 Å². The van der Waals surface area contributed by atoms with Crippen molar-refractivity contribution in [1.29, 1.82) is 0 Å². The van der Waals surface area contributed by atoms with Crippen LogP contribution in [0.3, 0.4) is 0 Å². The van der Waals surface area contributed by atoms with E-state index in [4.69, 9.17) is 4.74 Å². The summed E-state index contributed by atoms with van der Waals surface area (Å²) in [5, 5.41) is 13.2. The third kappa shape index (κ3) is 3.69. The smallest absolute Gasteiger partial charge is 0.301 e. The molecule has 2 aromatic heterocycles. The summed E-state index contributed by atoms with van der Waals surface area (Å²) in [4.78, 5) is 32.7. The van der Waals surface area contributed by atoms with Crippen molar-refractivity contribution in [3.63, 3.8) is 0 Å². The lowest BCUT2D eigenvalue weighted by Crippen LogP contribution is -2.28. The molecule has 1 aliphatic rings. The van der Waals surface area contributed by atoms with Gasteiger partial charge in [-0.25, -0.2) is 9.37 Å². The summed E-state index contributed by atoms with van der Waals surface area (Å²) in [7, 11) is 0. The fourth-order valence-electron chi connectivity index (χ4n) is 3.77. The topological polar surface area (TPSA) is 79.7 Å². The molecule has 0 saturated carbocycles. The number of thiazole rings is 1. The van der Waals surface area contributed by atoms with Gasteiger partial charge in [0.15, 0.2) is 5.13 Å². The number of benzene rings is 2. The van der Waals surface area contributed by atoms with Gasteiger partial charge in [0, 0.05) is 10.4 Å². The van der Waals surface area contributed by atoms with E-state index in [1.165, 1.54) is 34.4 Å². The van der Waals surface area contributed by atoms with Gasteiger partial charge in [-0.1, -0.05) is 17.4 Å². The fraction of sp³-hybridized carbons (Fsp3) is 0.125. The summed E-state index contributed by atoms with van der Waals surface area (Å²) in [5.41, 5.74) is 0.899. The van der Waals surface area contributed by atoms with Gasteiger partial charge in [0.05, 0.1) is 22.4 Å². The van der Waals surface area contributed by atoms with Gasteiger partial charge in [0.25, 0.3) is 5.78 Å². The molecule has 1 N–H and O–H groups in total. The first kappa shape index (κ1) is 21.3. The van der Waals surface area contributed by atoms with Crippen molar-refractivity contribution >= 4 is 55.5 Å². The summed E-state index contributed by atoms with van der Waals surface area (Å²) in [6, 6.07) is 13.6. The Morgan fingerprint density at radius 1 is 1.18 bits per heavy atom. The predicted molar refractivity (Wildman–Crippen MR) is 126 cm³/mol. The molecule has 33 heavy (non-hydrogen) atoms. The maximum Gasteiger partial charge on any atom is 0.301 e. The summed E-state index contributed by atoms with van der Waals surface area (Å²) in [6.07, 6.45) is 0. The molecule has 166 valence electrons. The van der Waals surface area contributed by atoms with Crippen molar-refractivity contribution in [3.05, 3.63) is 81.8 Å². The minimum absolute atomic E-state index is 0.0166. The van der Waals surface area contributed by atoms with Crippen LogP contribution in [0.25, 0.3) is 16.0 Å². The normalized spacial score (nSPS) is 17.8. The maximum atomic E-state index is 13.7. The summed E-state index contributed by atoms with van der Waals surface area (Å²) >= 11 is 2.48. The monoisotopic (exact) mass is 480 g/mol. The molecule has 2 aromatic carbocycles. The number of ether oxygens (including phenoxy) is 1. The van der Waals surface area contributed by atoms with E-state index in [0.717, 1.165) is 11.3 Å². The molecule has 1 aliphatic heterocycles. The lowest BCUT2D eigenvalue weighted by molar-refractivity contribution is -0.132. The number of fused-ring (bicyclic) bond motifs is 1. The van der Waals surface area contributed by atoms with E-state index in [9.17, 15) is 19.1 Å². The predicted octanol–water partition coefficient (Wildman–Crippen LogP) is 5.52. The molecular formula is C24H17FN2O4S2. The second-order valence-corrected chi connectivity index (χ2v) is 9.24. The molecule has 6 nitrogen and oxygen atoms in total. The first-order valence-corrected chi connectivity index (χ1v) is 11.8. The van der Waals surface area contributed by atoms with Crippen LogP contribution in [0, 0.1) is 5.82 Å². The first-order chi connectivity index (χ1) is 16.0. The number of aromatic nitrogens is 1. The highest BCUT2D eigenvalue weighted by Crippen LogP contribution is 2.45. The van der Waals surface area contributed by atoms with Crippen molar-refractivity contribution in [2.45, 2.75) is 13.0 Å². The number of hydrogen-bond acceptors (Lipinski definition) is 7. The Labute approximate surface area is 196 Å². The highest BCUT2D eigenvalue weighted by molar-refractivity contribution is 7.22. The van der Waals surface area contributed by atoms with E-state index in [1.54, 1.807) is 30.3 Å². The Morgan fingerprint density at radius 3 is 2.67 bits per heavy atom. The van der Waals surface area contributed by atoms with Crippen LogP contribution in [0.1, 0.15) is 23.4 Å². The van der Waals surface area contributed by atoms with Gasteiger partial charge in [0.2, 0.25) is 0 Å². The Morgan fingerprint density at radius 2 is 1.97 bits per heavy atom. The van der Waals surface area contributed by atoms with E-state index in [-0.39, 0.29) is 16.5 Å². The molecule has 1 atom stereocenters. The number of rotatable bonds is 5. The van der Waals surface area contributed by atoms with Crippen LogP contribution in [0.5, 0.6) is 5.75 Å². The van der Waals surface area contributed by atoms with E-state index in [0.29, 0.717) is 33.0 Å². The lowest BCUT2D eigenvalue weighted by Gasteiger charge is -2.21. The Kier molecular flexibility index (Phi) is 5.43. The molecule has 1 unspecified atom stereocenters. The number of amides is 1. The molecule has 4 aromatic rings. The molecule has 0 aliphatic carbocycles. The standard InChI is InChI=1S/C24H17FN2O4S2/c1-2-31-15-8-5-13(6-9-15)21(28)19-20(17-4-3-11-32-17)27(23(30)22(19)29)24-26-16-10-7-14(25)12-18(16)33-24/h3-12,20,28H,2H2,1H3. The van der Waals surface area contributed by atoms with Crippen molar-refractivity contribution in [3.8, 4) is 5.75 Å². The highest BCUT2D eigenvalue weighted by Gasteiger charge is 2.48. The van der Waals surface area contributed by atoms with Gasteiger partial charge >= 0.3 is 5.91 Å². The number of carbonyl (C=O) groups is 2. The average Bonchev–Trinajstić information content (AvgIpc) is 3.53. The van der Waals surface area contributed by atoms with Crippen LogP contribution in [0.15, 0.2) is 65.6 Å². The fourth-order valence-corrected chi connectivity index (χ4v) is 5.61. The van der Waals surface area contributed by atoms with Crippen molar-refractivity contribution < 1.29 is 23.8 Å². The van der Waals surface area contributed by atoms with Crippen LogP contribution in [-0.4, -0.2) is 28.4 Å². The minimum Gasteiger partial charge on any atom is -0.507 e. The van der Waals surface area contributed by atoms with E-state index in [2.05, 4.69) is 4.98 Å². The molecule has 1 saturated heterocycles. The number of halogens is 1. The largest absolute Gasteiger partial charge is 0.507 e. The number of aliphatic hydroxyl groups is 1. The number of carbonyl (C=O) groups excluding carboxylic acids is 2. The zero-order chi connectivity index (χ0) is 23.1. The first-order valence-electron chi connectivity index (χ1n) is 10.1. The number of hydrogen-bond donors (Lipinski definition) is 1. The summed E-state index contributed by atoms with van der Waals surface area (Å²) < 4.78 is 19.7. The summed E-state index contributed by atoms with van der Waals surface area (Å²) in [5.74, 6) is -1.65. The number of thiophene rings is 1. The van der Waals surface area contributed by atoms with Crippen molar-refractivity contribution in [2.24, 2.45) is 0 Å². The van der Waals surface area contributed by atoms with Gasteiger partial charge in [-0.3, -0.25) is 14.5 Å². The Balaban J connectivity index is 1.65. The SMILES string of the molecule is CCOc1ccc(C(O)=C2C(=O)C(=O)N(c3nc4ccc(F)cc4s3)C2c2cccs2)cc1. The number of Topliss-reactive ketones (excluding diaryl/α,β-unsaturated/α-hetero) is 1. The van der Waals surface area contributed by atoms with Crippen molar-refractivity contribution in [2.75, 3.05) is 11.5 Å². The molecule has 0 spiro atoms. The second-order valence-electron chi connectivity index (χ2n) is 7.25. The number of nitrogens with zero attached hydrogens (tertiary/aromatic N) is 2. The minimum atomic E-state index is -0.845. The van der Waals surface area contributed by atoms with Crippen LogP contribution in [0.4, 0.5) is 9.52 Å². The third-order valence-corrected chi connectivity index (χ3v) is 7.18. The number of aliphatic hydroxyl groups excluding tert-OH is 1. The van der Waals surface area contributed by atoms with Gasteiger partial charge in [-0.05, 0) is 60.8 Å². The second kappa shape index (κ2) is 8.42. The van der Waals surface area contributed by atoms with Crippen LogP contribution in [-0.2, 0) is 9.59 Å². The summed E-state index contributed by atoms with van der Waals surface area (Å²) in [6.45, 7) is 2.37. The molecule has 0 radical (unpaired) electrons. The third-order valence-electron chi connectivity index (χ3n) is 5.24. The average molecular weight is 481 g/mol. The molecule has 5 rings (SSSR count). The van der Waals surface area contributed by atoms with E-state index in [1.807, 2.05) is 18.4 Å². The quantitative estimate of drug-likeness (QED) is 0.231. The maximum absolute atomic E-state index is 13.7. The zero-order valence-electron chi connectivity index (χ0n) is 17.3. The van der Waals surface area contributed by atoms with Crippen LogP contribution in [0.2, 0.25) is 0 Å². The van der Waals surface area contributed by atoms with Crippen LogP contribution < -0.4 is 9.64 Å². The lowest BCUT2D eigenvalue weighted by atomic mass is 10.00. The van der Waals surface area contributed by atoms with Gasteiger partial charge < -0.3 is 9.84 Å². The molecule has 3 heterocycles. The van der Waals surface area contributed by atoms with Gasteiger partial charge in [-0.2, -0.15) is 0 Å². The number of anilines is 1. The molecule has 1 fully saturated rings. The van der Waals surface area contributed by atoms with E-state index >= 15 is 0 Å². The molecular weight excluding hydrogens is 463 g/mol.